The fourth-order valence-corrected chi connectivity index (χ4v) is 3.84. The molecule has 6 nitrogen and oxygen atoms in total. The number of aromatic amines is 1. The first-order valence-corrected chi connectivity index (χ1v) is 8.35. The highest BCUT2D eigenvalue weighted by molar-refractivity contribution is 5.74. The SMILES string of the molecule is CN(c1nc2c(cnn2C)c(=O)[nH]1)[C@@H]1CCC[C@@H]1c1ccccc1. The van der Waals surface area contributed by atoms with Crippen LogP contribution < -0.4 is 10.5 Å². The van der Waals surface area contributed by atoms with E-state index in [1.165, 1.54) is 12.0 Å². The third-order valence-electron chi connectivity index (χ3n) is 5.13. The Balaban J connectivity index is 1.71. The van der Waals surface area contributed by atoms with Gasteiger partial charge in [0.2, 0.25) is 5.95 Å². The van der Waals surface area contributed by atoms with Gasteiger partial charge in [0.1, 0.15) is 5.39 Å². The highest BCUT2D eigenvalue weighted by Crippen LogP contribution is 2.38. The van der Waals surface area contributed by atoms with Crippen LogP contribution in [-0.2, 0) is 7.05 Å². The number of benzene rings is 1. The molecule has 0 aliphatic heterocycles. The Hall–Kier alpha value is -2.63. The summed E-state index contributed by atoms with van der Waals surface area (Å²) in [5.41, 5.74) is 1.84. The summed E-state index contributed by atoms with van der Waals surface area (Å²) in [7, 11) is 3.83. The fraction of sp³-hybridized carbons (Fsp3) is 0.389. The highest BCUT2D eigenvalue weighted by Gasteiger charge is 2.32. The van der Waals surface area contributed by atoms with Gasteiger partial charge in [0.25, 0.3) is 5.56 Å². The summed E-state index contributed by atoms with van der Waals surface area (Å²) in [6.45, 7) is 0. The molecule has 3 aromatic rings. The van der Waals surface area contributed by atoms with Gasteiger partial charge in [-0.05, 0) is 18.4 Å². The highest BCUT2D eigenvalue weighted by atomic mass is 16.1. The van der Waals surface area contributed by atoms with E-state index in [4.69, 9.17) is 0 Å². The lowest BCUT2D eigenvalue weighted by molar-refractivity contribution is 0.570. The first-order valence-electron chi connectivity index (χ1n) is 8.35. The van der Waals surface area contributed by atoms with Crippen molar-refractivity contribution in [1.82, 2.24) is 19.7 Å². The fourth-order valence-electron chi connectivity index (χ4n) is 3.84. The normalized spacial score (nSPS) is 20.6. The van der Waals surface area contributed by atoms with E-state index in [1.807, 2.05) is 13.1 Å². The Labute approximate surface area is 140 Å². The Morgan fingerprint density at radius 1 is 1.25 bits per heavy atom. The van der Waals surface area contributed by atoms with E-state index in [1.54, 1.807) is 17.9 Å². The van der Waals surface area contributed by atoms with Crippen molar-refractivity contribution in [2.75, 3.05) is 11.9 Å². The van der Waals surface area contributed by atoms with Crippen LogP contribution in [0.5, 0.6) is 0 Å². The minimum atomic E-state index is -0.135. The summed E-state index contributed by atoms with van der Waals surface area (Å²) in [6.07, 6.45) is 5.01. The Morgan fingerprint density at radius 3 is 2.83 bits per heavy atom. The third kappa shape index (κ3) is 2.38. The predicted molar refractivity (Wildman–Crippen MR) is 94.4 cm³/mol. The van der Waals surface area contributed by atoms with E-state index in [0.29, 0.717) is 28.9 Å². The molecule has 0 amide bonds. The van der Waals surface area contributed by atoms with E-state index in [-0.39, 0.29) is 5.56 Å². The van der Waals surface area contributed by atoms with Crippen molar-refractivity contribution in [3.8, 4) is 0 Å². The molecule has 0 saturated heterocycles. The van der Waals surface area contributed by atoms with Crippen molar-refractivity contribution in [2.45, 2.75) is 31.2 Å². The number of likely N-dealkylation sites (N-methyl/N-ethyl adjacent to an activating group) is 1. The van der Waals surface area contributed by atoms with E-state index in [9.17, 15) is 4.79 Å². The lowest BCUT2D eigenvalue weighted by Crippen LogP contribution is -2.36. The number of nitrogens with one attached hydrogen (secondary N) is 1. The summed E-state index contributed by atoms with van der Waals surface area (Å²) in [5.74, 6) is 1.08. The zero-order chi connectivity index (χ0) is 16.7. The second-order valence-corrected chi connectivity index (χ2v) is 6.52. The number of anilines is 1. The van der Waals surface area contributed by atoms with Crippen LogP contribution in [0.25, 0.3) is 11.0 Å². The van der Waals surface area contributed by atoms with E-state index < -0.39 is 0 Å². The smallest absolute Gasteiger partial charge is 0.263 e. The average molecular weight is 323 g/mol. The molecule has 0 unspecified atom stereocenters. The maximum absolute atomic E-state index is 12.3. The van der Waals surface area contributed by atoms with Crippen molar-refractivity contribution in [2.24, 2.45) is 7.05 Å². The molecule has 1 aliphatic rings. The predicted octanol–water partition coefficient (Wildman–Crippen LogP) is 2.43. The molecule has 4 rings (SSSR count). The van der Waals surface area contributed by atoms with Crippen molar-refractivity contribution < 1.29 is 0 Å². The van der Waals surface area contributed by atoms with Gasteiger partial charge < -0.3 is 4.90 Å². The Kier molecular flexibility index (Phi) is 3.59. The van der Waals surface area contributed by atoms with Gasteiger partial charge in [-0.3, -0.25) is 14.5 Å². The number of aromatic nitrogens is 4. The molecule has 6 heteroatoms. The molecule has 2 atom stereocenters. The number of nitrogens with zero attached hydrogens (tertiary/aromatic N) is 4. The Bertz CT molecular complexity index is 914. The standard InChI is InChI=1S/C18H21N5O/c1-22(15-10-6-9-13(15)12-7-4-3-5-8-12)18-20-16-14(17(24)21-18)11-19-23(16)2/h3-5,7-8,11,13,15H,6,9-10H2,1-2H3,(H,20,21,24)/t13-,15-/m1/s1. The van der Waals surface area contributed by atoms with Gasteiger partial charge in [-0.25, -0.2) is 0 Å². The first-order chi connectivity index (χ1) is 11.6. The zero-order valence-corrected chi connectivity index (χ0v) is 13.9. The van der Waals surface area contributed by atoms with E-state index >= 15 is 0 Å². The van der Waals surface area contributed by atoms with Gasteiger partial charge in [-0.1, -0.05) is 36.8 Å². The summed E-state index contributed by atoms with van der Waals surface area (Å²) in [4.78, 5) is 22.0. The number of hydrogen-bond acceptors (Lipinski definition) is 4. The summed E-state index contributed by atoms with van der Waals surface area (Å²) in [6, 6.07) is 10.9. The molecule has 1 aromatic carbocycles. The monoisotopic (exact) mass is 323 g/mol. The molecule has 1 N–H and O–H groups in total. The molecule has 0 spiro atoms. The topological polar surface area (TPSA) is 66.8 Å². The first kappa shape index (κ1) is 14.9. The van der Waals surface area contributed by atoms with Gasteiger partial charge in [0.05, 0.1) is 6.20 Å². The van der Waals surface area contributed by atoms with Crippen LogP contribution >= 0.6 is 0 Å². The largest absolute Gasteiger partial charge is 0.342 e. The van der Waals surface area contributed by atoms with Crippen molar-refractivity contribution in [1.29, 1.82) is 0 Å². The molecule has 1 saturated carbocycles. The van der Waals surface area contributed by atoms with E-state index in [2.05, 4.69) is 44.2 Å². The average Bonchev–Trinajstić information content (AvgIpc) is 3.23. The number of aryl methyl sites for hydroxylation is 1. The van der Waals surface area contributed by atoms with Gasteiger partial charge >= 0.3 is 0 Å². The summed E-state index contributed by atoms with van der Waals surface area (Å²) < 4.78 is 1.64. The third-order valence-corrected chi connectivity index (χ3v) is 5.13. The van der Waals surface area contributed by atoms with Crippen molar-refractivity contribution in [3.63, 3.8) is 0 Å². The second kappa shape index (κ2) is 5.78. The number of H-pyrrole nitrogens is 1. The molecule has 1 fully saturated rings. The number of fused-ring (bicyclic) bond motifs is 1. The van der Waals surface area contributed by atoms with Crippen LogP contribution in [0.1, 0.15) is 30.7 Å². The molecular formula is C18H21N5O. The molecule has 2 heterocycles. The molecule has 1 aliphatic carbocycles. The molecule has 124 valence electrons. The zero-order valence-electron chi connectivity index (χ0n) is 13.9. The lowest BCUT2D eigenvalue weighted by Gasteiger charge is -2.30. The van der Waals surface area contributed by atoms with Crippen LogP contribution in [0.3, 0.4) is 0 Å². The van der Waals surface area contributed by atoms with Crippen LogP contribution in [0.2, 0.25) is 0 Å². The van der Waals surface area contributed by atoms with Crippen LogP contribution in [0, 0.1) is 0 Å². The minimum absolute atomic E-state index is 0.135. The molecule has 24 heavy (non-hydrogen) atoms. The maximum atomic E-state index is 12.3. The van der Waals surface area contributed by atoms with Gasteiger partial charge in [-0.15, -0.1) is 0 Å². The summed E-state index contributed by atoms with van der Waals surface area (Å²) >= 11 is 0. The molecule has 0 radical (unpaired) electrons. The lowest BCUT2D eigenvalue weighted by atomic mass is 9.93. The van der Waals surface area contributed by atoms with Crippen LogP contribution in [-0.4, -0.2) is 32.8 Å². The van der Waals surface area contributed by atoms with Crippen molar-refractivity contribution in [3.05, 3.63) is 52.4 Å². The molecule has 2 aromatic heterocycles. The number of rotatable bonds is 3. The molecule has 0 bridgehead atoms. The van der Waals surface area contributed by atoms with Crippen LogP contribution in [0.15, 0.2) is 41.3 Å². The van der Waals surface area contributed by atoms with Gasteiger partial charge in [-0.2, -0.15) is 10.1 Å². The summed E-state index contributed by atoms with van der Waals surface area (Å²) in [5, 5.41) is 4.66. The maximum Gasteiger partial charge on any atom is 0.263 e. The van der Waals surface area contributed by atoms with Crippen LogP contribution in [0.4, 0.5) is 5.95 Å². The van der Waals surface area contributed by atoms with Crippen molar-refractivity contribution >= 4 is 17.0 Å². The van der Waals surface area contributed by atoms with Gasteiger partial charge in [0.15, 0.2) is 5.65 Å². The van der Waals surface area contributed by atoms with E-state index in [0.717, 1.165) is 12.8 Å². The second-order valence-electron chi connectivity index (χ2n) is 6.52. The van der Waals surface area contributed by atoms with Gasteiger partial charge in [0, 0.05) is 26.1 Å². The molecular weight excluding hydrogens is 302 g/mol. The Morgan fingerprint density at radius 2 is 2.04 bits per heavy atom. The minimum Gasteiger partial charge on any atom is -0.342 e. The quantitative estimate of drug-likeness (QED) is 0.804. The number of hydrogen-bond donors (Lipinski definition) is 1.